The van der Waals surface area contributed by atoms with Crippen molar-refractivity contribution in [2.75, 3.05) is 11.9 Å². The standard InChI is InChI=1S/C14H11ClF3NO/c15-10-5-8(16)6-12(18)14(10)19-7-13(20)9-3-1-2-4-11(9)17/h1-6,13,19-20H,7H2. The molecule has 0 heterocycles. The van der Waals surface area contributed by atoms with Crippen LogP contribution in [-0.2, 0) is 0 Å². The topological polar surface area (TPSA) is 32.3 Å². The third kappa shape index (κ3) is 3.23. The number of nitrogens with one attached hydrogen (secondary N) is 1. The van der Waals surface area contributed by atoms with Gasteiger partial charge >= 0.3 is 0 Å². The molecule has 0 aromatic heterocycles. The second-order valence-corrected chi connectivity index (χ2v) is 4.57. The first-order valence-electron chi connectivity index (χ1n) is 5.80. The van der Waals surface area contributed by atoms with E-state index in [1.54, 1.807) is 6.07 Å². The van der Waals surface area contributed by atoms with Gasteiger partial charge in [-0.05, 0) is 12.1 Å². The van der Waals surface area contributed by atoms with Crippen LogP contribution in [-0.4, -0.2) is 11.7 Å². The fraction of sp³-hybridized carbons (Fsp3) is 0.143. The van der Waals surface area contributed by atoms with Crippen LogP contribution in [0.1, 0.15) is 11.7 Å². The molecule has 1 unspecified atom stereocenters. The Bertz CT molecular complexity index is 598. The second-order valence-electron chi connectivity index (χ2n) is 4.16. The number of anilines is 1. The highest BCUT2D eigenvalue weighted by molar-refractivity contribution is 6.33. The van der Waals surface area contributed by atoms with Crippen LogP contribution in [0.4, 0.5) is 18.9 Å². The lowest BCUT2D eigenvalue weighted by Crippen LogP contribution is -2.14. The van der Waals surface area contributed by atoms with Gasteiger partial charge in [0.1, 0.15) is 11.6 Å². The molecule has 0 radical (unpaired) electrons. The Labute approximate surface area is 118 Å². The highest BCUT2D eigenvalue weighted by Crippen LogP contribution is 2.27. The number of aliphatic hydroxyl groups is 1. The van der Waals surface area contributed by atoms with Crippen molar-refractivity contribution < 1.29 is 18.3 Å². The number of rotatable bonds is 4. The average molecular weight is 302 g/mol. The van der Waals surface area contributed by atoms with Crippen molar-refractivity contribution in [2.24, 2.45) is 0 Å². The Morgan fingerprint density at radius 1 is 1.10 bits per heavy atom. The Morgan fingerprint density at radius 3 is 2.45 bits per heavy atom. The van der Waals surface area contributed by atoms with Crippen molar-refractivity contribution in [3.63, 3.8) is 0 Å². The van der Waals surface area contributed by atoms with Crippen LogP contribution in [0.25, 0.3) is 0 Å². The summed E-state index contributed by atoms with van der Waals surface area (Å²) >= 11 is 5.70. The minimum atomic E-state index is -1.18. The molecule has 0 saturated heterocycles. The molecule has 0 aliphatic rings. The lowest BCUT2D eigenvalue weighted by molar-refractivity contribution is 0.186. The highest BCUT2D eigenvalue weighted by atomic mass is 35.5. The van der Waals surface area contributed by atoms with E-state index in [2.05, 4.69) is 5.32 Å². The van der Waals surface area contributed by atoms with Gasteiger partial charge in [-0.1, -0.05) is 29.8 Å². The van der Waals surface area contributed by atoms with E-state index in [4.69, 9.17) is 11.6 Å². The Hall–Kier alpha value is -1.72. The number of hydrogen-bond acceptors (Lipinski definition) is 2. The monoisotopic (exact) mass is 301 g/mol. The van der Waals surface area contributed by atoms with Crippen LogP contribution in [0.5, 0.6) is 0 Å². The predicted octanol–water partition coefficient (Wildman–Crippen LogP) is 3.90. The van der Waals surface area contributed by atoms with Gasteiger partial charge in [0, 0.05) is 18.2 Å². The van der Waals surface area contributed by atoms with Crippen LogP contribution < -0.4 is 5.32 Å². The van der Waals surface area contributed by atoms with Gasteiger partial charge in [0.05, 0.1) is 16.8 Å². The first-order valence-corrected chi connectivity index (χ1v) is 6.17. The molecular formula is C14H11ClF3NO. The molecule has 2 nitrogen and oxygen atoms in total. The number of aliphatic hydroxyl groups excluding tert-OH is 1. The van der Waals surface area contributed by atoms with Crippen molar-refractivity contribution in [3.05, 3.63) is 64.4 Å². The van der Waals surface area contributed by atoms with E-state index in [-0.39, 0.29) is 22.8 Å². The van der Waals surface area contributed by atoms with Crippen molar-refractivity contribution >= 4 is 17.3 Å². The second kappa shape index (κ2) is 6.15. The smallest absolute Gasteiger partial charge is 0.150 e. The zero-order valence-corrected chi connectivity index (χ0v) is 11.0. The lowest BCUT2D eigenvalue weighted by atomic mass is 10.1. The fourth-order valence-corrected chi connectivity index (χ4v) is 2.03. The summed E-state index contributed by atoms with van der Waals surface area (Å²) in [5.41, 5.74) is -0.0536. The van der Waals surface area contributed by atoms with Crippen LogP contribution in [0.2, 0.25) is 5.02 Å². The van der Waals surface area contributed by atoms with Crippen LogP contribution in [0.3, 0.4) is 0 Å². The molecule has 0 bridgehead atoms. The van der Waals surface area contributed by atoms with Gasteiger partial charge in [0.25, 0.3) is 0 Å². The Balaban J connectivity index is 2.12. The van der Waals surface area contributed by atoms with Gasteiger partial charge < -0.3 is 10.4 Å². The van der Waals surface area contributed by atoms with Crippen molar-refractivity contribution in [3.8, 4) is 0 Å². The molecule has 2 aromatic carbocycles. The number of benzene rings is 2. The molecule has 2 N–H and O–H groups in total. The Kier molecular flexibility index (Phi) is 4.52. The van der Waals surface area contributed by atoms with E-state index in [1.807, 2.05) is 0 Å². The van der Waals surface area contributed by atoms with E-state index in [0.29, 0.717) is 6.07 Å². The quantitative estimate of drug-likeness (QED) is 0.897. The maximum atomic E-state index is 13.5. The first kappa shape index (κ1) is 14.7. The van der Waals surface area contributed by atoms with E-state index in [0.717, 1.165) is 6.07 Å². The summed E-state index contributed by atoms with van der Waals surface area (Å²) in [6.07, 6.45) is -1.18. The summed E-state index contributed by atoms with van der Waals surface area (Å²) in [5.74, 6) is -2.24. The van der Waals surface area contributed by atoms with Crippen molar-refractivity contribution in [1.82, 2.24) is 0 Å². The van der Waals surface area contributed by atoms with E-state index < -0.39 is 23.6 Å². The fourth-order valence-electron chi connectivity index (χ4n) is 1.77. The molecule has 106 valence electrons. The third-order valence-electron chi connectivity index (χ3n) is 2.74. The molecule has 2 rings (SSSR count). The van der Waals surface area contributed by atoms with Crippen LogP contribution >= 0.6 is 11.6 Å². The molecule has 0 saturated carbocycles. The third-order valence-corrected chi connectivity index (χ3v) is 3.04. The minimum Gasteiger partial charge on any atom is -0.386 e. The largest absolute Gasteiger partial charge is 0.386 e. The Morgan fingerprint density at radius 2 is 1.80 bits per heavy atom. The molecule has 0 amide bonds. The number of hydrogen-bond donors (Lipinski definition) is 2. The van der Waals surface area contributed by atoms with Gasteiger partial charge in [-0.15, -0.1) is 0 Å². The van der Waals surface area contributed by atoms with Gasteiger partial charge in [-0.2, -0.15) is 0 Å². The molecule has 0 spiro atoms. The van der Waals surface area contributed by atoms with Crippen molar-refractivity contribution in [1.29, 1.82) is 0 Å². The van der Waals surface area contributed by atoms with E-state index in [9.17, 15) is 18.3 Å². The molecule has 20 heavy (non-hydrogen) atoms. The molecule has 0 aliphatic carbocycles. The summed E-state index contributed by atoms with van der Waals surface area (Å²) in [6.45, 7) is -0.163. The number of halogens is 4. The molecule has 0 aliphatic heterocycles. The normalized spacial score (nSPS) is 12.2. The van der Waals surface area contributed by atoms with Gasteiger partial charge in [-0.3, -0.25) is 0 Å². The molecule has 6 heteroatoms. The lowest BCUT2D eigenvalue weighted by Gasteiger charge is -2.15. The maximum Gasteiger partial charge on any atom is 0.150 e. The summed E-state index contributed by atoms with van der Waals surface area (Å²) in [6, 6.07) is 7.32. The van der Waals surface area contributed by atoms with Crippen LogP contribution in [0.15, 0.2) is 36.4 Å². The zero-order valence-electron chi connectivity index (χ0n) is 10.2. The summed E-state index contributed by atoms with van der Waals surface area (Å²) in [7, 11) is 0. The molecular weight excluding hydrogens is 291 g/mol. The SMILES string of the molecule is OC(CNc1c(F)cc(F)cc1Cl)c1ccccc1F. The van der Waals surface area contributed by atoms with Gasteiger partial charge in [0.2, 0.25) is 0 Å². The maximum absolute atomic E-state index is 13.5. The van der Waals surface area contributed by atoms with E-state index >= 15 is 0 Å². The summed E-state index contributed by atoms with van der Waals surface area (Å²) in [5, 5.41) is 12.3. The molecule has 2 aromatic rings. The van der Waals surface area contributed by atoms with Gasteiger partial charge in [-0.25, -0.2) is 13.2 Å². The summed E-state index contributed by atoms with van der Waals surface area (Å²) in [4.78, 5) is 0. The van der Waals surface area contributed by atoms with E-state index in [1.165, 1.54) is 18.2 Å². The van der Waals surface area contributed by atoms with Crippen molar-refractivity contribution in [2.45, 2.75) is 6.10 Å². The highest BCUT2D eigenvalue weighted by Gasteiger charge is 2.15. The molecule has 1 atom stereocenters. The average Bonchev–Trinajstić information content (AvgIpc) is 2.37. The van der Waals surface area contributed by atoms with Crippen LogP contribution in [0, 0.1) is 17.5 Å². The van der Waals surface area contributed by atoms with Gasteiger partial charge in [0.15, 0.2) is 5.82 Å². The minimum absolute atomic E-state index is 0.0821. The zero-order chi connectivity index (χ0) is 14.7. The predicted molar refractivity (Wildman–Crippen MR) is 71.2 cm³/mol. The first-order chi connectivity index (χ1) is 9.49. The summed E-state index contributed by atoms with van der Waals surface area (Å²) < 4.78 is 39.8. The molecule has 0 fully saturated rings.